The highest BCUT2D eigenvalue weighted by Crippen LogP contribution is 2.42. The number of barbiturate groups is 1. The zero-order chi connectivity index (χ0) is 26.6. The van der Waals surface area contributed by atoms with Gasteiger partial charge >= 0.3 is 6.03 Å². The second-order valence-electron chi connectivity index (χ2n) is 10.2. The summed E-state index contributed by atoms with van der Waals surface area (Å²) in [5.41, 5.74) is 0.151. The van der Waals surface area contributed by atoms with E-state index in [1.54, 1.807) is 19.2 Å². The molecule has 196 valence electrons. The quantitative estimate of drug-likeness (QED) is 0.469. The Balaban J connectivity index is 1.55. The van der Waals surface area contributed by atoms with Crippen molar-refractivity contribution in [3.63, 3.8) is 0 Å². The van der Waals surface area contributed by atoms with Gasteiger partial charge in [0.05, 0.1) is 11.6 Å². The van der Waals surface area contributed by atoms with E-state index in [4.69, 9.17) is 4.74 Å². The molecule has 2 atom stereocenters. The van der Waals surface area contributed by atoms with Gasteiger partial charge in [0, 0.05) is 68.8 Å². The highest BCUT2D eigenvalue weighted by atomic mass is 79.9. The number of nitrogens with zero attached hydrogens (tertiary/aromatic N) is 4. The highest BCUT2D eigenvalue weighted by molar-refractivity contribution is 9.11. The van der Waals surface area contributed by atoms with Crippen LogP contribution in [0.1, 0.15) is 23.6 Å². The first-order valence-corrected chi connectivity index (χ1v) is 13.7. The van der Waals surface area contributed by atoms with Crippen molar-refractivity contribution in [3.05, 3.63) is 60.9 Å². The van der Waals surface area contributed by atoms with Crippen LogP contribution in [0.5, 0.6) is 5.75 Å². The average Bonchev–Trinajstić information content (AvgIpc) is 2.85. The lowest BCUT2D eigenvalue weighted by Crippen LogP contribution is -2.67. The summed E-state index contributed by atoms with van der Waals surface area (Å²) >= 11 is 7.02. The molecule has 3 aliphatic heterocycles. The van der Waals surface area contributed by atoms with Crippen LogP contribution in [0.3, 0.4) is 0 Å². The number of amides is 4. The molecule has 11 heteroatoms. The maximum Gasteiger partial charge on any atom is 0.332 e. The fourth-order valence-corrected chi connectivity index (χ4v) is 7.76. The number of halogens is 2. The van der Waals surface area contributed by atoms with E-state index >= 15 is 0 Å². The minimum Gasteiger partial charge on any atom is -0.495 e. The van der Waals surface area contributed by atoms with Crippen LogP contribution in [0.4, 0.5) is 4.79 Å². The first-order valence-electron chi connectivity index (χ1n) is 12.1. The van der Waals surface area contributed by atoms with Gasteiger partial charge < -0.3 is 14.2 Å². The Labute approximate surface area is 231 Å². The first kappa shape index (κ1) is 26.1. The summed E-state index contributed by atoms with van der Waals surface area (Å²) in [5, 5.41) is 0. The molecule has 3 aliphatic rings. The number of benzene rings is 1. The fraction of sp³-hybridized carbons (Fsp3) is 0.462. The standard InChI is InChI=1S/C26H28Br2N4O5/c1-29-23(34)26(24(35)30(2)25(29)36,10-16-8-18(27)9-19(28)22(16)37-3)14-31-11-15-7-17(13-31)20-5-4-6-21(33)32(20)12-15/h4-6,8-9,15,17H,7,10-14H2,1-3H3/t15-,17+/m0/s1. The number of carbonyl (C=O) groups is 3. The van der Waals surface area contributed by atoms with Crippen molar-refractivity contribution in [2.75, 3.05) is 40.8 Å². The van der Waals surface area contributed by atoms with Gasteiger partial charge in [-0.3, -0.25) is 24.2 Å². The zero-order valence-electron chi connectivity index (χ0n) is 20.9. The van der Waals surface area contributed by atoms with Crippen LogP contribution in [-0.4, -0.2) is 78.0 Å². The number of rotatable bonds is 5. The molecule has 5 rings (SSSR count). The normalized spacial score (nSPS) is 23.3. The van der Waals surface area contributed by atoms with Gasteiger partial charge in [-0.25, -0.2) is 4.79 Å². The lowest BCUT2D eigenvalue weighted by atomic mass is 9.75. The van der Waals surface area contributed by atoms with E-state index in [0.29, 0.717) is 35.4 Å². The minimum atomic E-state index is -1.52. The van der Waals surface area contributed by atoms with Gasteiger partial charge in [0.25, 0.3) is 5.56 Å². The number of pyridine rings is 1. The summed E-state index contributed by atoms with van der Waals surface area (Å²) in [6, 6.07) is 8.40. The number of hydrogen-bond donors (Lipinski definition) is 0. The number of imide groups is 2. The summed E-state index contributed by atoms with van der Waals surface area (Å²) < 4.78 is 8.95. The number of likely N-dealkylation sites (tertiary alicyclic amines) is 1. The Hall–Kier alpha value is -2.50. The van der Waals surface area contributed by atoms with E-state index < -0.39 is 23.3 Å². The summed E-state index contributed by atoms with van der Waals surface area (Å²) in [6.07, 6.45) is 1.02. The van der Waals surface area contributed by atoms with Crippen LogP contribution in [0, 0.1) is 11.3 Å². The SMILES string of the molecule is COc1c(Br)cc(Br)cc1CC1(CN2C[C@@H]3C[C@H](C2)c2cccc(=O)n2C3)C(=O)N(C)C(=O)N(C)C1=O. The number of aromatic nitrogens is 1. The number of piperidine rings is 1. The van der Waals surface area contributed by atoms with Crippen LogP contribution in [0.25, 0.3) is 0 Å². The summed E-state index contributed by atoms with van der Waals surface area (Å²) in [5.74, 6) is -0.158. The number of carbonyl (C=O) groups excluding carboxylic acids is 3. The van der Waals surface area contributed by atoms with Crippen molar-refractivity contribution >= 4 is 49.7 Å². The molecule has 0 N–H and O–H groups in total. The third-order valence-electron chi connectivity index (χ3n) is 7.83. The maximum absolute atomic E-state index is 13.9. The summed E-state index contributed by atoms with van der Waals surface area (Å²) in [7, 11) is 4.38. The molecule has 1 aromatic heterocycles. The molecule has 2 fully saturated rings. The van der Waals surface area contributed by atoms with Crippen molar-refractivity contribution in [2.24, 2.45) is 11.3 Å². The van der Waals surface area contributed by atoms with E-state index in [-0.39, 0.29) is 30.4 Å². The maximum atomic E-state index is 13.9. The molecular formula is C26H28Br2N4O5. The Kier molecular flexibility index (Phi) is 6.82. The molecule has 9 nitrogen and oxygen atoms in total. The van der Waals surface area contributed by atoms with Gasteiger partial charge in [-0.2, -0.15) is 0 Å². The van der Waals surface area contributed by atoms with E-state index in [9.17, 15) is 19.2 Å². The van der Waals surface area contributed by atoms with E-state index in [0.717, 1.165) is 26.4 Å². The number of fused-ring (bicyclic) bond motifs is 4. The second kappa shape index (κ2) is 9.67. The molecule has 4 amide bonds. The molecule has 2 bridgehead atoms. The topological polar surface area (TPSA) is 92.2 Å². The minimum absolute atomic E-state index is 0.00356. The fourth-order valence-electron chi connectivity index (χ4n) is 6.28. The van der Waals surface area contributed by atoms with Gasteiger partial charge in [0.2, 0.25) is 11.8 Å². The predicted molar refractivity (Wildman–Crippen MR) is 143 cm³/mol. The van der Waals surface area contributed by atoms with Crippen LogP contribution < -0.4 is 10.3 Å². The average molecular weight is 636 g/mol. The summed E-state index contributed by atoms with van der Waals surface area (Å²) in [6.45, 7) is 2.04. The number of hydrogen-bond acceptors (Lipinski definition) is 6. The Morgan fingerprint density at radius 3 is 2.38 bits per heavy atom. The van der Waals surface area contributed by atoms with Crippen LogP contribution in [0.15, 0.2) is 44.1 Å². The molecule has 0 radical (unpaired) electrons. The molecule has 37 heavy (non-hydrogen) atoms. The number of urea groups is 1. The molecular weight excluding hydrogens is 608 g/mol. The molecule has 0 saturated carbocycles. The Morgan fingerprint density at radius 1 is 1.00 bits per heavy atom. The molecule has 0 unspecified atom stereocenters. The second-order valence-corrected chi connectivity index (χ2v) is 12.0. The van der Waals surface area contributed by atoms with Crippen LogP contribution in [-0.2, 0) is 22.6 Å². The number of methoxy groups -OCH3 is 1. The van der Waals surface area contributed by atoms with E-state index in [1.165, 1.54) is 14.1 Å². The lowest BCUT2D eigenvalue weighted by molar-refractivity contribution is -0.159. The lowest BCUT2D eigenvalue weighted by Gasteiger charge is -2.48. The Morgan fingerprint density at radius 2 is 1.70 bits per heavy atom. The first-order chi connectivity index (χ1) is 17.6. The molecule has 4 heterocycles. The molecule has 0 aliphatic carbocycles. The summed E-state index contributed by atoms with van der Waals surface area (Å²) in [4.78, 5) is 57.1. The highest BCUT2D eigenvalue weighted by Gasteiger charge is 2.57. The smallest absolute Gasteiger partial charge is 0.332 e. The Bertz CT molecular complexity index is 1330. The molecule has 0 spiro atoms. The van der Waals surface area contributed by atoms with E-state index in [1.807, 2.05) is 22.8 Å². The van der Waals surface area contributed by atoms with Crippen LogP contribution in [0.2, 0.25) is 0 Å². The van der Waals surface area contributed by atoms with Crippen molar-refractivity contribution in [3.8, 4) is 5.75 Å². The number of ether oxygens (including phenoxy) is 1. The molecule has 2 aromatic rings. The van der Waals surface area contributed by atoms with Crippen molar-refractivity contribution < 1.29 is 19.1 Å². The van der Waals surface area contributed by atoms with Gasteiger partial charge in [0.15, 0.2) is 0 Å². The third-order valence-corrected chi connectivity index (χ3v) is 8.88. The van der Waals surface area contributed by atoms with Gasteiger partial charge in [0.1, 0.15) is 11.2 Å². The predicted octanol–water partition coefficient (Wildman–Crippen LogP) is 3.08. The van der Waals surface area contributed by atoms with Gasteiger partial charge in [-0.1, -0.05) is 22.0 Å². The van der Waals surface area contributed by atoms with E-state index in [2.05, 4.69) is 36.8 Å². The monoisotopic (exact) mass is 634 g/mol. The van der Waals surface area contributed by atoms with Gasteiger partial charge in [-0.15, -0.1) is 0 Å². The van der Waals surface area contributed by atoms with Gasteiger partial charge in [-0.05, 0) is 52.0 Å². The third kappa shape index (κ3) is 4.34. The molecule has 2 saturated heterocycles. The molecule has 1 aromatic carbocycles. The van der Waals surface area contributed by atoms with Crippen molar-refractivity contribution in [1.82, 2.24) is 19.3 Å². The largest absolute Gasteiger partial charge is 0.495 e. The van der Waals surface area contributed by atoms with Crippen LogP contribution >= 0.6 is 31.9 Å². The zero-order valence-corrected chi connectivity index (χ0v) is 24.0. The van der Waals surface area contributed by atoms with Crippen molar-refractivity contribution in [2.45, 2.75) is 25.3 Å². The van der Waals surface area contributed by atoms with Crippen molar-refractivity contribution in [1.29, 1.82) is 0 Å².